The average molecular weight is 420 g/mol. The summed E-state index contributed by atoms with van der Waals surface area (Å²) in [5, 5.41) is 16.2. The molecule has 4 N–H and O–H groups in total. The molecule has 0 aliphatic heterocycles. The smallest absolute Gasteiger partial charge is 0.408 e. The molecule has 0 saturated heterocycles. The summed E-state index contributed by atoms with van der Waals surface area (Å²) in [6.07, 6.45) is 1.85. The summed E-state index contributed by atoms with van der Waals surface area (Å²) in [6.45, 7) is 8.38. The lowest BCUT2D eigenvalue weighted by molar-refractivity contribution is -0.138. The van der Waals surface area contributed by atoms with E-state index in [0.717, 1.165) is 0 Å². The number of amides is 3. The molecule has 0 spiro atoms. The maximum absolute atomic E-state index is 12.7. The third-order valence-corrected chi connectivity index (χ3v) is 4.02. The first-order valence-corrected chi connectivity index (χ1v) is 10.5. The standard InChI is InChI=1S/C18H33N3O6S/c1-11(2)9-13(15(24)19-10-14(22)23)20-16(25)12(7-8-28-6)21-17(26)27-18(3,4)5/h11-13H,7-10H2,1-6H3,(H,19,24)(H,20,25)(H,21,26)(H,22,23)/t12-,13-/m0/s1. The van der Waals surface area contributed by atoms with Gasteiger partial charge in [0.1, 0.15) is 24.2 Å². The third-order valence-electron chi connectivity index (χ3n) is 3.37. The highest BCUT2D eigenvalue weighted by Gasteiger charge is 2.28. The van der Waals surface area contributed by atoms with E-state index in [1.165, 1.54) is 11.8 Å². The van der Waals surface area contributed by atoms with Gasteiger partial charge in [-0.1, -0.05) is 13.8 Å². The minimum atomic E-state index is -1.17. The Kier molecular flexibility index (Phi) is 11.6. The highest BCUT2D eigenvalue weighted by Crippen LogP contribution is 2.10. The van der Waals surface area contributed by atoms with Crippen molar-refractivity contribution in [3.8, 4) is 0 Å². The second-order valence-electron chi connectivity index (χ2n) is 7.78. The largest absolute Gasteiger partial charge is 0.480 e. The molecule has 0 unspecified atom stereocenters. The van der Waals surface area contributed by atoms with Gasteiger partial charge >= 0.3 is 12.1 Å². The molecular weight excluding hydrogens is 386 g/mol. The molecule has 0 aromatic carbocycles. The van der Waals surface area contributed by atoms with Crippen LogP contribution in [0.1, 0.15) is 47.5 Å². The Morgan fingerprint density at radius 1 is 1.04 bits per heavy atom. The van der Waals surface area contributed by atoms with E-state index >= 15 is 0 Å². The van der Waals surface area contributed by atoms with Gasteiger partial charge in [0.15, 0.2) is 0 Å². The summed E-state index contributed by atoms with van der Waals surface area (Å²) in [5.74, 6) is -1.56. The first-order chi connectivity index (χ1) is 12.9. The minimum absolute atomic E-state index is 0.0874. The van der Waals surface area contributed by atoms with Crippen LogP contribution in [-0.4, -0.2) is 65.2 Å². The summed E-state index contributed by atoms with van der Waals surface area (Å²) in [4.78, 5) is 47.7. The molecule has 0 saturated carbocycles. The van der Waals surface area contributed by atoms with Gasteiger partial charge < -0.3 is 25.8 Å². The number of nitrogens with one attached hydrogen (secondary N) is 3. The van der Waals surface area contributed by atoms with Crippen LogP contribution in [0, 0.1) is 5.92 Å². The fraction of sp³-hybridized carbons (Fsp3) is 0.778. The van der Waals surface area contributed by atoms with Crippen molar-refractivity contribution in [2.75, 3.05) is 18.6 Å². The number of aliphatic carboxylic acids is 1. The van der Waals surface area contributed by atoms with Crippen LogP contribution in [-0.2, 0) is 19.1 Å². The zero-order valence-electron chi connectivity index (χ0n) is 17.5. The van der Waals surface area contributed by atoms with Crippen LogP contribution in [0.4, 0.5) is 4.79 Å². The van der Waals surface area contributed by atoms with Crippen molar-refractivity contribution >= 4 is 35.6 Å². The Morgan fingerprint density at radius 3 is 2.11 bits per heavy atom. The minimum Gasteiger partial charge on any atom is -0.480 e. The Morgan fingerprint density at radius 2 is 1.64 bits per heavy atom. The van der Waals surface area contributed by atoms with Gasteiger partial charge in [0.25, 0.3) is 0 Å². The molecule has 9 nitrogen and oxygen atoms in total. The average Bonchev–Trinajstić information content (AvgIpc) is 2.53. The van der Waals surface area contributed by atoms with Crippen LogP contribution in [0.5, 0.6) is 0 Å². The quantitative estimate of drug-likeness (QED) is 0.397. The van der Waals surface area contributed by atoms with E-state index in [2.05, 4.69) is 16.0 Å². The molecule has 0 radical (unpaired) electrons. The predicted molar refractivity (Wildman–Crippen MR) is 108 cm³/mol. The third kappa shape index (κ3) is 12.4. The van der Waals surface area contributed by atoms with Gasteiger partial charge in [-0.05, 0) is 51.5 Å². The SMILES string of the molecule is CSCC[C@H](NC(=O)OC(C)(C)C)C(=O)N[C@@H](CC(C)C)C(=O)NCC(=O)O. The lowest BCUT2D eigenvalue weighted by atomic mass is 10.0. The van der Waals surface area contributed by atoms with E-state index in [4.69, 9.17) is 9.84 Å². The molecule has 10 heteroatoms. The summed E-state index contributed by atoms with van der Waals surface area (Å²) >= 11 is 1.52. The molecule has 2 atom stereocenters. The first kappa shape index (κ1) is 26.0. The van der Waals surface area contributed by atoms with Crippen LogP contribution < -0.4 is 16.0 Å². The predicted octanol–water partition coefficient (Wildman–Crippen LogP) is 1.36. The molecule has 0 aromatic rings. The molecule has 28 heavy (non-hydrogen) atoms. The molecule has 162 valence electrons. The van der Waals surface area contributed by atoms with Crippen LogP contribution in [0.3, 0.4) is 0 Å². The van der Waals surface area contributed by atoms with Gasteiger partial charge in [-0.25, -0.2) is 4.79 Å². The lowest BCUT2D eigenvalue weighted by Crippen LogP contribution is -2.55. The van der Waals surface area contributed by atoms with Gasteiger partial charge in [-0.15, -0.1) is 0 Å². The Hall–Kier alpha value is -1.97. The van der Waals surface area contributed by atoms with E-state index in [0.29, 0.717) is 18.6 Å². The van der Waals surface area contributed by atoms with Gasteiger partial charge in [0, 0.05) is 0 Å². The first-order valence-electron chi connectivity index (χ1n) is 9.14. The number of alkyl carbamates (subject to hydrolysis) is 1. The number of carboxylic acids is 1. The molecular formula is C18H33N3O6S. The zero-order valence-corrected chi connectivity index (χ0v) is 18.3. The van der Waals surface area contributed by atoms with Crippen LogP contribution in [0.2, 0.25) is 0 Å². The molecule has 0 heterocycles. The lowest BCUT2D eigenvalue weighted by Gasteiger charge is -2.25. The molecule has 0 rings (SSSR count). The van der Waals surface area contributed by atoms with E-state index in [-0.39, 0.29) is 5.92 Å². The number of thioether (sulfide) groups is 1. The number of rotatable bonds is 11. The van der Waals surface area contributed by atoms with Gasteiger partial charge in [-0.2, -0.15) is 11.8 Å². The van der Waals surface area contributed by atoms with Crippen LogP contribution >= 0.6 is 11.8 Å². The Bertz CT molecular complexity index is 548. The van der Waals surface area contributed by atoms with E-state index in [1.807, 2.05) is 20.1 Å². The maximum Gasteiger partial charge on any atom is 0.408 e. The van der Waals surface area contributed by atoms with Crippen molar-refractivity contribution in [1.29, 1.82) is 0 Å². The number of hydrogen-bond acceptors (Lipinski definition) is 6. The topological polar surface area (TPSA) is 134 Å². The number of carbonyl (C=O) groups excluding carboxylic acids is 3. The normalized spacial score (nSPS) is 13.4. The molecule has 0 fully saturated rings. The van der Waals surface area contributed by atoms with Gasteiger partial charge in [0.2, 0.25) is 11.8 Å². The zero-order chi connectivity index (χ0) is 21.9. The van der Waals surface area contributed by atoms with Crippen molar-refractivity contribution in [2.24, 2.45) is 5.92 Å². The summed E-state index contributed by atoms with van der Waals surface area (Å²) < 4.78 is 5.20. The van der Waals surface area contributed by atoms with Gasteiger partial charge in [-0.3, -0.25) is 14.4 Å². The number of hydrogen-bond donors (Lipinski definition) is 4. The molecule has 0 aliphatic carbocycles. The summed E-state index contributed by atoms with van der Waals surface area (Å²) in [7, 11) is 0. The van der Waals surface area contributed by atoms with Crippen molar-refractivity contribution < 1.29 is 29.0 Å². The van der Waals surface area contributed by atoms with Crippen molar-refractivity contribution in [2.45, 2.75) is 65.1 Å². The van der Waals surface area contributed by atoms with Crippen LogP contribution in [0.15, 0.2) is 0 Å². The van der Waals surface area contributed by atoms with E-state index in [9.17, 15) is 19.2 Å². The Balaban J connectivity index is 5.14. The van der Waals surface area contributed by atoms with Crippen LogP contribution in [0.25, 0.3) is 0 Å². The molecule has 0 bridgehead atoms. The monoisotopic (exact) mass is 419 g/mol. The maximum atomic E-state index is 12.7. The van der Waals surface area contributed by atoms with E-state index < -0.39 is 48.1 Å². The number of ether oxygens (including phenoxy) is 1. The molecule has 0 aromatic heterocycles. The summed E-state index contributed by atoms with van der Waals surface area (Å²) in [6, 6.07) is -1.77. The van der Waals surface area contributed by atoms with Crippen molar-refractivity contribution in [3.05, 3.63) is 0 Å². The highest BCUT2D eigenvalue weighted by atomic mass is 32.2. The van der Waals surface area contributed by atoms with E-state index in [1.54, 1.807) is 20.8 Å². The number of carbonyl (C=O) groups is 4. The second kappa shape index (κ2) is 12.5. The van der Waals surface area contributed by atoms with Crippen molar-refractivity contribution in [1.82, 2.24) is 16.0 Å². The highest BCUT2D eigenvalue weighted by molar-refractivity contribution is 7.98. The fourth-order valence-electron chi connectivity index (χ4n) is 2.22. The molecule has 0 aliphatic rings. The Labute approximate surface area is 170 Å². The fourth-order valence-corrected chi connectivity index (χ4v) is 2.69. The second-order valence-corrected chi connectivity index (χ2v) is 8.77. The summed E-state index contributed by atoms with van der Waals surface area (Å²) in [5.41, 5.74) is -0.707. The number of carboxylic acid groups (broad SMARTS) is 1. The van der Waals surface area contributed by atoms with Gasteiger partial charge in [0.05, 0.1) is 0 Å². The van der Waals surface area contributed by atoms with Crippen molar-refractivity contribution in [3.63, 3.8) is 0 Å². The molecule has 3 amide bonds.